The third-order valence-electron chi connectivity index (χ3n) is 3.20. The van der Waals surface area contributed by atoms with E-state index in [2.05, 4.69) is 10.5 Å². The summed E-state index contributed by atoms with van der Waals surface area (Å²) >= 11 is 23.9. The van der Waals surface area contributed by atoms with Gasteiger partial charge in [0.1, 0.15) is 0 Å². The number of nitrogens with one attached hydrogen (secondary N) is 1. The lowest BCUT2D eigenvalue weighted by Crippen LogP contribution is -2.24. The number of carbonyl (C=O) groups is 1. The van der Waals surface area contributed by atoms with Crippen LogP contribution in [0.5, 0.6) is 17.2 Å². The zero-order valence-electron chi connectivity index (χ0n) is 12.9. The van der Waals surface area contributed by atoms with Crippen LogP contribution in [0, 0.1) is 0 Å². The Morgan fingerprint density at radius 1 is 1.08 bits per heavy atom. The number of fused-ring (bicyclic) bond motifs is 1. The van der Waals surface area contributed by atoms with Crippen LogP contribution in [0.25, 0.3) is 0 Å². The molecule has 0 unspecified atom stereocenters. The molecule has 2 aromatic carbocycles. The molecular formula is C16H10Cl4N2O4. The van der Waals surface area contributed by atoms with Crippen LogP contribution in [0.15, 0.2) is 29.4 Å². The lowest BCUT2D eigenvalue weighted by atomic mass is 10.2. The van der Waals surface area contributed by atoms with Crippen molar-refractivity contribution in [3.8, 4) is 17.2 Å². The van der Waals surface area contributed by atoms with Crippen LogP contribution in [0.3, 0.4) is 0 Å². The molecule has 26 heavy (non-hydrogen) atoms. The molecule has 0 radical (unpaired) electrons. The predicted molar refractivity (Wildman–Crippen MR) is 100 cm³/mol. The molecule has 6 nitrogen and oxygen atoms in total. The van der Waals surface area contributed by atoms with Crippen LogP contribution < -0.4 is 19.6 Å². The van der Waals surface area contributed by atoms with E-state index in [1.165, 1.54) is 18.3 Å². The van der Waals surface area contributed by atoms with Crippen molar-refractivity contribution in [1.82, 2.24) is 5.43 Å². The van der Waals surface area contributed by atoms with Gasteiger partial charge in [-0.3, -0.25) is 4.79 Å². The predicted octanol–water partition coefficient (Wildman–Crippen LogP) is 4.56. The SMILES string of the molecule is O=C(COc1c(Cl)cc(Cl)cc1Cl)N/N=C/c1cc2c(cc1Cl)OCO2. The van der Waals surface area contributed by atoms with E-state index in [1.807, 2.05) is 0 Å². The zero-order chi connectivity index (χ0) is 18.7. The summed E-state index contributed by atoms with van der Waals surface area (Å²) in [4.78, 5) is 11.8. The summed E-state index contributed by atoms with van der Waals surface area (Å²) in [5.74, 6) is 0.759. The standard InChI is InChI=1S/C16H10Cl4N2O4/c17-9-2-11(19)16(12(20)3-9)24-6-15(23)22-21-5-8-1-13-14(4-10(8)18)26-7-25-13/h1-5H,6-7H2,(H,22,23)/b21-5+. The summed E-state index contributed by atoms with van der Waals surface area (Å²) in [6.45, 7) is -0.205. The van der Waals surface area contributed by atoms with Crippen molar-refractivity contribution >= 4 is 58.5 Å². The van der Waals surface area contributed by atoms with Crippen molar-refractivity contribution in [1.29, 1.82) is 0 Å². The molecule has 1 N–H and O–H groups in total. The lowest BCUT2D eigenvalue weighted by Gasteiger charge is -2.09. The van der Waals surface area contributed by atoms with E-state index < -0.39 is 5.91 Å². The highest BCUT2D eigenvalue weighted by Gasteiger charge is 2.16. The van der Waals surface area contributed by atoms with Crippen LogP contribution in [0.4, 0.5) is 0 Å². The number of ether oxygens (including phenoxy) is 3. The second-order valence-corrected chi connectivity index (χ2v) is 6.67. The van der Waals surface area contributed by atoms with Gasteiger partial charge in [-0.05, 0) is 18.2 Å². The maximum absolute atomic E-state index is 11.8. The van der Waals surface area contributed by atoms with E-state index in [0.717, 1.165) is 0 Å². The normalized spacial score (nSPS) is 12.5. The Morgan fingerprint density at radius 3 is 2.42 bits per heavy atom. The summed E-state index contributed by atoms with van der Waals surface area (Å²) in [7, 11) is 0. The van der Waals surface area contributed by atoms with Gasteiger partial charge in [-0.1, -0.05) is 46.4 Å². The highest BCUT2D eigenvalue weighted by Crippen LogP contribution is 2.36. The van der Waals surface area contributed by atoms with Crippen molar-refractivity contribution in [3.05, 3.63) is 49.9 Å². The molecule has 1 heterocycles. The van der Waals surface area contributed by atoms with E-state index in [1.54, 1.807) is 12.1 Å². The zero-order valence-corrected chi connectivity index (χ0v) is 15.9. The van der Waals surface area contributed by atoms with Gasteiger partial charge in [0.15, 0.2) is 23.9 Å². The molecule has 0 saturated carbocycles. The molecule has 1 aliphatic heterocycles. The molecule has 0 fully saturated rings. The minimum absolute atomic E-state index is 0.135. The Labute approximate surface area is 168 Å². The number of hydrogen-bond acceptors (Lipinski definition) is 5. The average molecular weight is 436 g/mol. The van der Waals surface area contributed by atoms with Gasteiger partial charge in [-0.2, -0.15) is 5.10 Å². The number of rotatable bonds is 5. The molecule has 0 aromatic heterocycles. The molecule has 0 atom stereocenters. The summed E-state index contributed by atoms with van der Waals surface area (Å²) in [5.41, 5.74) is 2.87. The van der Waals surface area contributed by atoms with Crippen LogP contribution in [-0.4, -0.2) is 25.5 Å². The summed E-state index contributed by atoms with van der Waals surface area (Å²) < 4.78 is 15.8. The van der Waals surface area contributed by atoms with Gasteiger partial charge in [0.25, 0.3) is 5.91 Å². The van der Waals surface area contributed by atoms with Gasteiger partial charge in [0.2, 0.25) is 6.79 Å². The Bertz CT molecular complexity index is 866. The van der Waals surface area contributed by atoms with Gasteiger partial charge in [0.05, 0.1) is 21.3 Å². The fraction of sp³-hybridized carbons (Fsp3) is 0.125. The van der Waals surface area contributed by atoms with Crippen LogP contribution in [0.2, 0.25) is 20.1 Å². The molecule has 0 spiro atoms. The number of nitrogens with zero attached hydrogens (tertiary/aromatic N) is 1. The van der Waals surface area contributed by atoms with Crippen LogP contribution in [-0.2, 0) is 4.79 Å². The van der Waals surface area contributed by atoms with Gasteiger partial charge in [-0.15, -0.1) is 0 Å². The van der Waals surface area contributed by atoms with Crippen molar-refractivity contribution in [2.75, 3.05) is 13.4 Å². The van der Waals surface area contributed by atoms with Gasteiger partial charge < -0.3 is 14.2 Å². The van der Waals surface area contributed by atoms with E-state index >= 15 is 0 Å². The van der Waals surface area contributed by atoms with E-state index in [4.69, 9.17) is 60.6 Å². The van der Waals surface area contributed by atoms with Crippen molar-refractivity contribution in [2.24, 2.45) is 5.10 Å². The molecule has 0 saturated heterocycles. The van der Waals surface area contributed by atoms with Crippen LogP contribution in [0.1, 0.15) is 5.56 Å². The Morgan fingerprint density at radius 2 is 1.73 bits per heavy atom. The van der Waals surface area contributed by atoms with Gasteiger partial charge in [-0.25, -0.2) is 5.43 Å². The summed E-state index contributed by atoms with van der Waals surface area (Å²) in [5, 5.41) is 5.00. The Hall–Kier alpha value is -1.86. The Kier molecular flexibility index (Phi) is 5.98. The number of halogens is 4. The fourth-order valence-corrected chi connectivity index (χ4v) is 3.17. The van der Waals surface area contributed by atoms with Crippen molar-refractivity contribution in [3.63, 3.8) is 0 Å². The maximum atomic E-state index is 11.8. The van der Waals surface area contributed by atoms with Crippen molar-refractivity contribution < 1.29 is 19.0 Å². The fourth-order valence-electron chi connectivity index (χ4n) is 2.04. The highest BCUT2D eigenvalue weighted by molar-refractivity contribution is 6.40. The molecule has 10 heteroatoms. The molecule has 1 amide bonds. The number of benzene rings is 2. The van der Waals surface area contributed by atoms with Gasteiger partial charge in [0, 0.05) is 16.7 Å². The first-order valence-corrected chi connectivity index (χ1v) is 8.63. The number of amides is 1. The lowest BCUT2D eigenvalue weighted by molar-refractivity contribution is -0.123. The monoisotopic (exact) mass is 434 g/mol. The van der Waals surface area contributed by atoms with Gasteiger partial charge >= 0.3 is 0 Å². The topological polar surface area (TPSA) is 69.2 Å². The largest absolute Gasteiger partial charge is 0.481 e. The number of hydrazone groups is 1. The summed E-state index contributed by atoms with van der Waals surface area (Å²) in [6, 6.07) is 6.19. The molecule has 2 aromatic rings. The first-order valence-electron chi connectivity index (χ1n) is 7.12. The quantitative estimate of drug-likeness (QED) is 0.552. The number of carbonyl (C=O) groups excluding carboxylic acids is 1. The molecule has 0 bridgehead atoms. The first kappa shape index (κ1) is 18.9. The molecular weight excluding hydrogens is 426 g/mol. The maximum Gasteiger partial charge on any atom is 0.277 e. The second-order valence-electron chi connectivity index (χ2n) is 5.01. The van der Waals surface area contributed by atoms with E-state index in [0.29, 0.717) is 27.1 Å². The third kappa shape index (κ3) is 4.45. The average Bonchev–Trinajstić information content (AvgIpc) is 3.01. The molecule has 1 aliphatic rings. The van der Waals surface area contributed by atoms with Crippen LogP contribution >= 0.6 is 46.4 Å². The summed E-state index contributed by atoms with van der Waals surface area (Å²) in [6.07, 6.45) is 1.38. The molecule has 3 rings (SSSR count). The minimum atomic E-state index is -0.514. The molecule has 0 aliphatic carbocycles. The smallest absolute Gasteiger partial charge is 0.277 e. The second kappa shape index (κ2) is 8.22. The van der Waals surface area contributed by atoms with E-state index in [9.17, 15) is 4.79 Å². The van der Waals surface area contributed by atoms with Crippen molar-refractivity contribution in [2.45, 2.75) is 0 Å². The third-order valence-corrected chi connectivity index (χ3v) is 4.30. The molecule has 136 valence electrons. The first-order chi connectivity index (χ1) is 12.4. The minimum Gasteiger partial charge on any atom is -0.481 e. The highest BCUT2D eigenvalue weighted by atomic mass is 35.5. The Balaban J connectivity index is 1.57. The van der Waals surface area contributed by atoms with E-state index in [-0.39, 0.29) is 29.2 Å². The number of hydrogen-bond donors (Lipinski definition) is 1.